The van der Waals surface area contributed by atoms with Crippen LogP contribution in [0.4, 0.5) is 4.39 Å². The highest BCUT2D eigenvalue weighted by atomic mass is 19.1. The van der Waals surface area contributed by atoms with Crippen molar-refractivity contribution in [2.24, 2.45) is 0 Å². The normalized spacial score (nSPS) is 10.3. The number of carbonyl (C=O) groups excluding carboxylic acids is 1. The smallest absolute Gasteiger partial charge is 0.220 e. The maximum atomic E-state index is 13.5. The first kappa shape index (κ1) is 16.5. The number of unbranched alkanes of at least 4 members (excludes halogenated alkanes) is 3. The number of amides is 1. The Hall–Kier alpha value is -1.58. The van der Waals surface area contributed by atoms with Gasteiger partial charge in [-0.05, 0) is 30.5 Å². The van der Waals surface area contributed by atoms with E-state index in [0.29, 0.717) is 12.8 Å². The molecule has 0 aliphatic heterocycles. The van der Waals surface area contributed by atoms with Crippen LogP contribution in [0, 0.1) is 5.82 Å². The van der Waals surface area contributed by atoms with Crippen molar-refractivity contribution in [1.29, 1.82) is 0 Å². The minimum Gasteiger partial charge on any atom is -0.494 e. The van der Waals surface area contributed by atoms with E-state index >= 15 is 0 Å². The van der Waals surface area contributed by atoms with Crippen molar-refractivity contribution >= 4 is 5.91 Å². The van der Waals surface area contributed by atoms with Crippen LogP contribution < -0.4 is 10.1 Å². The molecule has 0 atom stereocenters. The minimum absolute atomic E-state index is 0.0257. The van der Waals surface area contributed by atoms with Crippen molar-refractivity contribution in [2.45, 2.75) is 45.4 Å². The highest BCUT2D eigenvalue weighted by Crippen LogP contribution is 2.18. The number of benzene rings is 1. The SMILES string of the molecule is CCCCCCNC(=O)CCc1ccc(OC)c(F)c1. The second kappa shape index (κ2) is 9.34. The summed E-state index contributed by atoms with van der Waals surface area (Å²) < 4.78 is 18.3. The fourth-order valence-electron chi connectivity index (χ4n) is 1.99. The van der Waals surface area contributed by atoms with Crippen molar-refractivity contribution in [3.63, 3.8) is 0 Å². The summed E-state index contributed by atoms with van der Waals surface area (Å²) in [6.07, 6.45) is 5.51. The van der Waals surface area contributed by atoms with Gasteiger partial charge in [0.2, 0.25) is 5.91 Å². The molecule has 1 amide bonds. The van der Waals surface area contributed by atoms with Gasteiger partial charge in [0.05, 0.1) is 7.11 Å². The average molecular weight is 281 g/mol. The highest BCUT2D eigenvalue weighted by molar-refractivity contribution is 5.76. The Bertz CT molecular complexity index is 421. The Morgan fingerprint density at radius 1 is 1.30 bits per heavy atom. The third kappa shape index (κ3) is 6.04. The summed E-state index contributed by atoms with van der Waals surface area (Å²) in [7, 11) is 1.43. The van der Waals surface area contributed by atoms with Crippen molar-refractivity contribution < 1.29 is 13.9 Å². The molecule has 0 bridgehead atoms. The zero-order valence-corrected chi connectivity index (χ0v) is 12.4. The molecule has 1 aromatic rings. The van der Waals surface area contributed by atoms with Gasteiger partial charge in [-0.1, -0.05) is 32.3 Å². The van der Waals surface area contributed by atoms with E-state index in [4.69, 9.17) is 4.74 Å². The molecule has 0 radical (unpaired) electrons. The van der Waals surface area contributed by atoms with E-state index in [1.165, 1.54) is 26.0 Å². The average Bonchev–Trinajstić information content (AvgIpc) is 2.45. The van der Waals surface area contributed by atoms with E-state index in [1.807, 2.05) is 0 Å². The van der Waals surface area contributed by atoms with Gasteiger partial charge in [-0.15, -0.1) is 0 Å². The van der Waals surface area contributed by atoms with E-state index < -0.39 is 0 Å². The number of rotatable bonds is 9. The number of nitrogens with one attached hydrogen (secondary N) is 1. The molecule has 0 fully saturated rings. The molecule has 4 heteroatoms. The van der Waals surface area contributed by atoms with Crippen LogP contribution >= 0.6 is 0 Å². The van der Waals surface area contributed by atoms with Crippen molar-refractivity contribution in [1.82, 2.24) is 5.32 Å². The van der Waals surface area contributed by atoms with E-state index in [9.17, 15) is 9.18 Å². The number of ether oxygens (including phenoxy) is 1. The molecule has 20 heavy (non-hydrogen) atoms. The fraction of sp³-hybridized carbons (Fsp3) is 0.562. The lowest BCUT2D eigenvalue weighted by molar-refractivity contribution is -0.121. The van der Waals surface area contributed by atoms with Gasteiger partial charge in [-0.25, -0.2) is 4.39 Å². The van der Waals surface area contributed by atoms with Crippen LogP contribution in [0.25, 0.3) is 0 Å². The van der Waals surface area contributed by atoms with Gasteiger partial charge in [0.15, 0.2) is 11.6 Å². The number of hydrogen-bond donors (Lipinski definition) is 1. The fourth-order valence-corrected chi connectivity index (χ4v) is 1.99. The van der Waals surface area contributed by atoms with Gasteiger partial charge in [0.25, 0.3) is 0 Å². The largest absolute Gasteiger partial charge is 0.494 e. The van der Waals surface area contributed by atoms with E-state index in [2.05, 4.69) is 12.2 Å². The highest BCUT2D eigenvalue weighted by Gasteiger charge is 2.06. The predicted molar refractivity (Wildman–Crippen MR) is 78.4 cm³/mol. The summed E-state index contributed by atoms with van der Waals surface area (Å²) in [5, 5.41) is 2.89. The summed E-state index contributed by atoms with van der Waals surface area (Å²) in [6, 6.07) is 4.80. The van der Waals surface area contributed by atoms with E-state index in [0.717, 1.165) is 24.9 Å². The number of carbonyl (C=O) groups is 1. The Kier molecular flexibility index (Phi) is 7.70. The minimum atomic E-state index is -0.384. The van der Waals surface area contributed by atoms with Crippen molar-refractivity contribution in [3.05, 3.63) is 29.6 Å². The molecule has 1 rings (SSSR count). The first-order chi connectivity index (χ1) is 9.67. The molecule has 0 saturated heterocycles. The third-order valence-corrected chi connectivity index (χ3v) is 3.21. The maximum Gasteiger partial charge on any atom is 0.220 e. The van der Waals surface area contributed by atoms with Crippen LogP contribution in [-0.4, -0.2) is 19.6 Å². The van der Waals surface area contributed by atoms with Gasteiger partial charge < -0.3 is 10.1 Å². The Balaban J connectivity index is 2.25. The number of methoxy groups -OCH3 is 1. The lowest BCUT2D eigenvalue weighted by Gasteiger charge is -2.06. The monoisotopic (exact) mass is 281 g/mol. The van der Waals surface area contributed by atoms with Crippen molar-refractivity contribution in [2.75, 3.05) is 13.7 Å². The molecular weight excluding hydrogens is 257 g/mol. The van der Waals surface area contributed by atoms with Gasteiger partial charge in [-0.3, -0.25) is 4.79 Å². The van der Waals surface area contributed by atoms with Gasteiger partial charge in [0, 0.05) is 13.0 Å². The summed E-state index contributed by atoms with van der Waals surface area (Å²) in [5.41, 5.74) is 0.810. The first-order valence-electron chi connectivity index (χ1n) is 7.26. The molecule has 1 aromatic carbocycles. The molecule has 1 N–H and O–H groups in total. The first-order valence-corrected chi connectivity index (χ1v) is 7.26. The summed E-state index contributed by atoms with van der Waals surface area (Å²) in [4.78, 5) is 11.6. The zero-order valence-electron chi connectivity index (χ0n) is 12.4. The van der Waals surface area contributed by atoms with Crippen LogP contribution in [0.15, 0.2) is 18.2 Å². The molecule has 3 nitrogen and oxygen atoms in total. The Morgan fingerprint density at radius 2 is 2.10 bits per heavy atom. The second-order valence-electron chi connectivity index (χ2n) is 4.88. The molecule has 0 aromatic heterocycles. The molecule has 0 aliphatic carbocycles. The number of hydrogen-bond acceptors (Lipinski definition) is 2. The Morgan fingerprint density at radius 3 is 2.75 bits per heavy atom. The van der Waals surface area contributed by atoms with Crippen LogP contribution in [0.3, 0.4) is 0 Å². The van der Waals surface area contributed by atoms with Gasteiger partial charge in [0.1, 0.15) is 0 Å². The van der Waals surface area contributed by atoms with Crippen LogP contribution in [0.2, 0.25) is 0 Å². The van der Waals surface area contributed by atoms with Gasteiger partial charge in [-0.2, -0.15) is 0 Å². The standard InChI is InChI=1S/C16H24FNO2/c1-3-4-5-6-11-18-16(19)10-8-13-7-9-15(20-2)14(17)12-13/h7,9,12H,3-6,8,10-11H2,1-2H3,(H,18,19). The van der Waals surface area contributed by atoms with Crippen LogP contribution in [0.1, 0.15) is 44.6 Å². The number of halogens is 1. The molecular formula is C16H24FNO2. The molecule has 0 unspecified atom stereocenters. The topological polar surface area (TPSA) is 38.3 Å². The molecule has 112 valence electrons. The third-order valence-electron chi connectivity index (χ3n) is 3.21. The van der Waals surface area contributed by atoms with Crippen LogP contribution in [-0.2, 0) is 11.2 Å². The van der Waals surface area contributed by atoms with E-state index in [-0.39, 0.29) is 17.5 Å². The summed E-state index contributed by atoms with van der Waals surface area (Å²) in [6.45, 7) is 2.89. The molecule has 0 saturated carbocycles. The molecule has 0 aliphatic rings. The summed E-state index contributed by atoms with van der Waals surface area (Å²) >= 11 is 0. The zero-order chi connectivity index (χ0) is 14.8. The van der Waals surface area contributed by atoms with Crippen LogP contribution in [0.5, 0.6) is 5.75 Å². The lowest BCUT2D eigenvalue weighted by Crippen LogP contribution is -2.24. The van der Waals surface area contributed by atoms with E-state index in [1.54, 1.807) is 12.1 Å². The molecule has 0 spiro atoms. The van der Waals surface area contributed by atoms with Gasteiger partial charge >= 0.3 is 0 Å². The number of aryl methyl sites for hydroxylation is 1. The maximum absolute atomic E-state index is 13.5. The Labute approximate surface area is 120 Å². The molecule has 0 heterocycles. The lowest BCUT2D eigenvalue weighted by atomic mass is 10.1. The quantitative estimate of drug-likeness (QED) is 0.704. The van der Waals surface area contributed by atoms with Crippen molar-refractivity contribution in [3.8, 4) is 5.75 Å². The predicted octanol–water partition coefficient (Wildman–Crippen LogP) is 3.46. The second-order valence-corrected chi connectivity index (χ2v) is 4.88. The summed E-state index contributed by atoms with van der Waals surface area (Å²) in [5.74, 6) is -0.128.